The third-order valence-corrected chi connectivity index (χ3v) is 5.48. The first kappa shape index (κ1) is 20.5. The van der Waals surface area contributed by atoms with E-state index in [4.69, 9.17) is 21.7 Å². The quantitative estimate of drug-likeness (QED) is 0.524. The lowest BCUT2D eigenvalue weighted by molar-refractivity contribution is 0.0162. The van der Waals surface area contributed by atoms with E-state index < -0.39 is 5.82 Å². The van der Waals surface area contributed by atoms with Crippen LogP contribution < -0.4 is 10.1 Å². The van der Waals surface area contributed by atoms with Gasteiger partial charge in [-0.05, 0) is 42.0 Å². The van der Waals surface area contributed by atoms with Gasteiger partial charge >= 0.3 is 0 Å². The number of ether oxygens (including phenoxy) is 2. The summed E-state index contributed by atoms with van der Waals surface area (Å²) in [6.45, 7) is 3.19. The van der Waals surface area contributed by atoms with Crippen molar-refractivity contribution in [3.63, 3.8) is 0 Å². The zero-order valence-electron chi connectivity index (χ0n) is 16.5. The van der Waals surface area contributed by atoms with Crippen molar-refractivity contribution in [2.75, 3.05) is 40.0 Å². The van der Waals surface area contributed by atoms with Crippen LogP contribution in [0.1, 0.15) is 22.0 Å². The van der Waals surface area contributed by atoms with Crippen molar-refractivity contribution in [2.45, 2.75) is 6.04 Å². The first-order valence-electron chi connectivity index (χ1n) is 9.70. The van der Waals surface area contributed by atoms with Gasteiger partial charge in [0.05, 0.1) is 43.0 Å². The Morgan fingerprint density at radius 2 is 2.00 bits per heavy atom. The molecule has 1 aliphatic heterocycles. The van der Waals surface area contributed by atoms with Gasteiger partial charge < -0.3 is 24.8 Å². The van der Waals surface area contributed by atoms with Crippen LogP contribution >= 0.6 is 12.2 Å². The van der Waals surface area contributed by atoms with Crippen LogP contribution in [0.2, 0.25) is 0 Å². The van der Waals surface area contributed by atoms with E-state index in [1.165, 1.54) is 12.1 Å². The normalized spacial score (nSPS) is 15.8. The van der Waals surface area contributed by atoms with Crippen LogP contribution in [0, 0.1) is 10.6 Å². The Labute approximate surface area is 178 Å². The fourth-order valence-corrected chi connectivity index (χ4v) is 3.96. The highest BCUT2D eigenvalue weighted by atomic mass is 32.1. The standard InChI is InChI=1S/C21H23FN4O3S/c1-28-15-4-2-13(3-5-15)18(26-6-8-29-9-7-26)12-23-20(27)16-10-14(22)11-17-19(16)25-21(30)24-17/h2-5,10-11,18H,6-9,12H2,1H3,(H,23,27)(H2,24,25,30). The van der Waals surface area contributed by atoms with Crippen molar-refractivity contribution in [2.24, 2.45) is 0 Å². The molecule has 2 heterocycles. The second-order valence-corrected chi connectivity index (χ2v) is 7.51. The number of imidazole rings is 1. The van der Waals surface area contributed by atoms with Gasteiger partial charge in [-0.1, -0.05) is 12.1 Å². The lowest BCUT2D eigenvalue weighted by atomic mass is 10.0. The van der Waals surface area contributed by atoms with Crippen molar-refractivity contribution in [3.05, 3.63) is 58.1 Å². The number of H-pyrrole nitrogens is 2. The maximum atomic E-state index is 14.0. The van der Waals surface area contributed by atoms with E-state index in [0.29, 0.717) is 35.6 Å². The number of methoxy groups -OCH3 is 1. The number of rotatable bonds is 6. The molecule has 0 aliphatic carbocycles. The highest BCUT2D eigenvalue weighted by Crippen LogP contribution is 2.24. The van der Waals surface area contributed by atoms with Crippen molar-refractivity contribution < 1.29 is 18.7 Å². The molecule has 158 valence electrons. The average molecular weight is 431 g/mol. The molecule has 30 heavy (non-hydrogen) atoms. The molecule has 0 radical (unpaired) electrons. The lowest BCUT2D eigenvalue weighted by Crippen LogP contribution is -2.43. The number of hydrogen-bond donors (Lipinski definition) is 3. The minimum absolute atomic E-state index is 0.0440. The van der Waals surface area contributed by atoms with Crippen molar-refractivity contribution >= 4 is 29.2 Å². The Bertz CT molecular complexity index is 1090. The second kappa shape index (κ2) is 8.95. The van der Waals surface area contributed by atoms with E-state index in [1.54, 1.807) is 7.11 Å². The molecule has 1 fully saturated rings. The van der Waals surface area contributed by atoms with Crippen LogP contribution in [-0.4, -0.2) is 60.7 Å². The third kappa shape index (κ3) is 4.38. The Morgan fingerprint density at radius 1 is 1.27 bits per heavy atom. The zero-order chi connectivity index (χ0) is 21.1. The number of nitrogens with zero attached hydrogens (tertiary/aromatic N) is 1. The summed E-state index contributed by atoms with van der Waals surface area (Å²) in [6.07, 6.45) is 0. The summed E-state index contributed by atoms with van der Waals surface area (Å²) in [5.41, 5.74) is 2.23. The Morgan fingerprint density at radius 3 is 2.70 bits per heavy atom. The van der Waals surface area contributed by atoms with E-state index in [1.807, 2.05) is 24.3 Å². The Kier molecular flexibility index (Phi) is 6.12. The highest BCUT2D eigenvalue weighted by Gasteiger charge is 2.24. The minimum atomic E-state index is -0.502. The van der Waals surface area contributed by atoms with Gasteiger partial charge in [0.1, 0.15) is 11.6 Å². The van der Waals surface area contributed by atoms with E-state index in [9.17, 15) is 9.18 Å². The highest BCUT2D eigenvalue weighted by molar-refractivity contribution is 7.71. The third-order valence-electron chi connectivity index (χ3n) is 5.28. The van der Waals surface area contributed by atoms with E-state index >= 15 is 0 Å². The lowest BCUT2D eigenvalue weighted by Gasteiger charge is -2.35. The summed E-state index contributed by atoms with van der Waals surface area (Å²) in [4.78, 5) is 21.0. The molecule has 1 amide bonds. The molecular weight excluding hydrogens is 407 g/mol. The number of halogens is 1. The monoisotopic (exact) mass is 430 g/mol. The number of fused-ring (bicyclic) bond motifs is 1. The smallest absolute Gasteiger partial charge is 0.253 e. The van der Waals surface area contributed by atoms with Crippen molar-refractivity contribution in [3.8, 4) is 5.75 Å². The minimum Gasteiger partial charge on any atom is -0.497 e. The predicted molar refractivity (Wildman–Crippen MR) is 114 cm³/mol. The van der Waals surface area contributed by atoms with Gasteiger partial charge in [0.25, 0.3) is 5.91 Å². The van der Waals surface area contributed by atoms with Gasteiger partial charge in [-0.15, -0.1) is 0 Å². The maximum Gasteiger partial charge on any atom is 0.253 e. The number of hydrogen-bond acceptors (Lipinski definition) is 5. The van der Waals surface area contributed by atoms with Gasteiger partial charge in [-0.3, -0.25) is 9.69 Å². The molecule has 1 aromatic heterocycles. The molecule has 1 saturated heterocycles. The van der Waals surface area contributed by atoms with E-state index in [0.717, 1.165) is 24.4 Å². The number of benzene rings is 2. The number of nitrogens with one attached hydrogen (secondary N) is 3. The first-order valence-corrected chi connectivity index (χ1v) is 10.1. The van der Waals surface area contributed by atoms with Crippen LogP contribution in [0.25, 0.3) is 11.0 Å². The number of amides is 1. The fourth-order valence-electron chi connectivity index (χ4n) is 3.74. The summed E-state index contributed by atoms with van der Waals surface area (Å²) in [7, 11) is 1.63. The summed E-state index contributed by atoms with van der Waals surface area (Å²) < 4.78 is 25.1. The first-order chi connectivity index (χ1) is 14.5. The summed E-state index contributed by atoms with van der Waals surface area (Å²) >= 11 is 5.08. The van der Waals surface area contributed by atoms with Crippen LogP contribution in [0.3, 0.4) is 0 Å². The van der Waals surface area contributed by atoms with E-state index in [2.05, 4.69) is 20.2 Å². The Hall–Kier alpha value is -2.75. The molecule has 4 rings (SSSR count). The van der Waals surface area contributed by atoms with Crippen molar-refractivity contribution in [1.82, 2.24) is 20.2 Å². The zero-order valence-corrected chi connectivity index (χ0v) is 17.4. The van der Waals surface area contributed by atoms with Crippen molar-refractivity contribution in [1.29, 1.82) is 0 Å². The molecule has 2 aromatic carbocycles. The number of aromatic nitrogens is 2. The number of carbonyl (C=O) groups excluding carboxylic acids is 1. The van der Waals surface area contributed by atoms with E-state index in [-0.39, 0.29) is 17.5 Å². The van der Waals surface area contributed by atoms with Gasteiger partial charge in [0.2, 0.25) is 0 Å². The molecule has 1 unspecified atom stereocenters. The molecule has 0 saturated carbocycles. The number of aromatic amines is 2. The Balaban J connectivity index is 1.57. The molecule has 3 N–H and O–H groups in total. The van der Waals surface area contributed by atoms with Crippen LogP contribution in [0.5, 0.6) is 5.75 Å². The van der Waals surface area contributed by atoms with Gasteiger partial charge in [0, 0.05) is 19.6 Å². The van der Waals surface area contributed by atoms with Crippen LogP contribution in [0.4, 0.5) is 4.39 Å². The average Bonchev–Trinajstić information content (AvgIpc) is 3.14. The maximum absolute atomic E-state index is 14.0. The van der Waals surface area contributed by atoms with Crippen LogP contribution in [0.15, 0.2) is 36.4 Å². The molecule has 3 aromatic rings. The molecule has 7 nitrogen and oxygen atoms in total. The SMILES string of the molecule is COc1ccc(C(CNC(=O)c2cc(F)cc3[nH]c(=S)[nH]c23)N2CCOCC2)cc1. The van der Waals surface area contributed by atoms with Gasteiger partial charge in [0.15, 0.2) is 4.77 Å². The van der Waals surface area contributed by atoms with Gasteiger partial charge in [-0.25, -0.2) is 4.39 Å². The number of morpholine rings is 1. The molecule has 1 atom stereocenters. The molecular formula is C21H23FN4O3S. The van der Waals surface area contributed by atoms with Gasteiger partial charge in [-0.2, -0.15) is 0 Å². The van der Waals surface area contributed by atoms with Crippen LogP contribution in [-0.2, 0) is 4.74 Å². The summed E-state index contributed by atoms with van der Waals surface area (Å²) in [6, 6.07) is 10.3. The predicted octanol–water partition coefficient (Wildman–Crippen LogP) is 3.18. The number of carbonyl (C=O) groups is 1. The second-order valence-electron chi connectivity index (χ2n) is 7.10. The summed E-state index contributed by atoms with van der Waals surface area (Å²) in [5.74, 6) is -0.0947. The molecule has 9 heteroatoms. The molecule has 0 bridgehead atoms. The molecule has 1 aliphatic rings. The summed E-state index contributed by atoms with van der Waals surface area (Å²) in [5, 5.41) is 2.96. The fraction of sp³-hybridized carbons (Fsp3) is 0.333. The largest absolute Gasteiger partial charge is 0.497 e. The molecule has 0 spiro atoms. The topological polar surface area (TPSA) is 82.4 Å².